The van der Waals surface area contributed by atoms with Gasteiger partial charge in [-0.25, -0.2) is 8.42 Å². The Hall–Kier alpha value is -1.57. The topological polar surface area (TPSA) is 59.1 Å². The van der Waals surface area contributed by atoms with Crippen molar-refractivity contribution in [3.63, 3.8) is 0 Å². The molecule has 0 radical (unpaired) electrons. The lowest BCUT2D eigenvalue weighted by Crippen LogP contribution is -2.44. The van der Waals surface area contributed by atoms with Crippen LogP contribution in [-0.4, -0.2) is 56.8 Å². The number of benzene rings is 1. The second-order valence-corrected chi connectivity index (χ2v) is 7.88. The second-order valence-electron chi connectivity index (χ2n) is 5.99. The van der Waals surface area contributed by atoms with Gasteiger partial charge in [-0.05, 0) is 39.8 Å². The Kier molecular flexibility index (Phi) is 6.87. The standard InChI is InChI=1S/C18H28N2O4S/c1-5-23-18(24-6-2)14-19-11-12-20(13-16(19)4)25(21,22)17-9-7-15(3)8-10-17/h7-10,13,18H,5-6,11-12,14H2,1-4H3. The van der Waals surface area contributed by atoms with Gasteiger partial charge in [-0.1, -0.05) is 17.7 Å². The quantitative estimate of drug-likeness (QED) is 0.660. The van der Waals surface area contributed by atoms with Gasteiger partial charge in [0, 0.05) is 31.7 Å². The summed E-state index contributed by atoms with van der Waals surface area (Å²) >= 11 is 0. The van der Waals surface area contributed by atoms with Crippen molar-refractivity contribution in [1.82, 2.24) is 9.21 Å². The molecule has 1 aliphatic heterocycles. The van der Waals surface area contributed by atoms with Crippen molar-refractivity contribution in [2.24, 2.45) is 0 Å². The summed E-state index contributed by atoms with van der Waals surface area (Å²) < 4.78 is 38.2. The zero-order chi connectivity index (χ0) is 18.4. The number of hydrogen-bond donors (Lipinski definition) is 0. The van der Waals surface area contributed by atoms with Gasteiger partial charge in [-0.2, -0.15) is 0 Å². The largest absolute Gasteiger partial charge is 0.367 e. The van der Waals surface area contributed by atoms with Crippen molar-refractivity contribution in [3.05, 3.63) is 41.7 Å². The van der Waals surface area contributed by atoms with Crippen molar-refractivity contribution < 1.29 is 17.9 Å². The molecule has 1 aromatic carbocycles. The van der Waals surface area contributed by atoms with E-state index in [0.717, 1.165) is 11.3 Å². The van der Waals surface area contributed by atoms with Gasteiger partial charge in [-0.15, -0.1) is 0 Å². The zero-order valence-corrected chi connectivity index (χ0v) is 16.3. The Morgan fingerprint density at radius 3 is 2.16 bits per heavy atom. The summed E-state index contributed by atoms with van der Waals surface area (Å²) in [6, 6.07) is 6.93. The van der Waals surface area contributed by atoms with Gasteiger partial charge in [-0.3, -0.25) is 4.31 Å². The van der Waals surface area contributed by atoms with E-state index in [9.17, 15) is 8.42 Å². The molecule has 25 heavy (non-hydrogen) atoms. The molecule has 0 spiro atoms. The maximum atomic E-state index is 12.8. The van der Waals surface area contributed by atoms with Gasteiger partial charge >= 0.3 is 0 Å². The van der Waals surface area contributed by atoms with E-state index in [-0.39, 0.29) is 6.29 Å². The van der Waals surface area contributed by atoms with Gasteiger partial charge in [0.25, 0.3) is 10.0 Å². The average Bonchev–Trinajstić information content (AvgIpc) is 2.57. The van der Waals surface area contributed by atoms with Crippen LogP contribution >= 0.6 is 0 Å². The molecule has 0 saturated heterocycles. The second kappa shape index (κ2) is 8.69. The fourth-order valence-electron chi connectivity index (χ4n) is 2.73. The predicted octanol–water partition coefficient (Wildman–Crippen LogP) is 2.56. The van der Waals surface area contributed by atoms with Crippen LogP contribution in [0.15, 0.2) is 41.1 Å². The molecular formula is C18H28N2O4S. The first-order valence-electron chi connectivity index (χ1n) is 8.63. The predicted molar refractivity (Wildman–Crippen MR) is 97.4 cm³/mol. The third-order valence-corrected chi connectivity index (χ3v) is 5.90. The smallest absolute Gasteiger partial charge is 0.263 e. The summed E-state index contributed by atoms with van der Waals surface area (Å²) in [5.41, 5.74) is 1.92. The van der Waals surface area contributed by atoms with Gasteiger partial charge in [0.1, 0.15) is 0 Å². The molecular weight excluding hydrogens is 340 g/mol. The highest BCUT2D eigenvalue weighted by atomic mass is 32.2. The minimum atomic E-state index is -3.52. The highest BCUT2D eigenvalue weighted by Crippen LogP contribution is 2.22. The monoisotopic (exact) mass is 368 g/mol. The summed E-state index contributed by atoms with van der Waals surface area (Å²) in [5, 5.41) is 0. The van der Waals surface area contributed by atoms with Crippen LogP contribution in [0.25, 0.3) is 0 Å². The molecule has 2 rings (SSSR count). The molecule has 140 valence electrons. The SMILES string of the molecule is CCOC(CN1CCN(S(=O)(=O)c2ccc(C)cc2)C=C1C)OCC. The summed E-state index contributed by atoms with van der Waals surface area (Å²) in [6.07, 6.45) is 1.38. The number of rotatable bonds is 8. The number of ether oxygens (including phenoxy) is 2. The molecule has 0 aliphatic carbocycles. The molecule has 0 N–H and O–H groups in total. The van der Waals surface area contributed by atoms with Crippen LogP contribution in [0.3, 0.4) is 0 Å². The fraction of sp³-hybridized carbons (Fsp3) is 0.556. The first-order valence-corrected chi connectivity index (χ1v) is 10.1. The van der Waals surface area contributed by atoms with Crippen molar-refractivity contribution in [1.29, 1.82) is 0 Å². The summed E-state index contributed by atoms with van der Waals surface area (Å²) in [5.74, 6) is 0. The third-order valence-electron chi connectivity index (χ3n) is 4.12. The molecule has 7 heteroatoms. The Bertz CT molecular complexity index is 680. The van der Waals surface area contributed by atoms with Crippen LogP contribution in [0.4, 0.5) is 0 Å². The zero-order valence-electron chi connectivity index (χ0n) is 15.4. The highest BCUT2D eigenvalue weighted by molar-refractivity contribution is 7.89. The van der Waals surface area contributed by atoms with Crippen LogP contribution < -0.4 is 0 Å². The van der Waals surface area contributed by atoms with E-state index in [4.69, 9.17) is 9.47 Å². The van der Waals surface area contributed by atoms with Crippen molar-refractivity contribution in [2.45, 2.75) is 38.9 Å². The Morgan fingerprint density at radius 1 is 1.04 bits per heavy atom. The maximum absolute atomic E-state index is 12.8. The lowest BCUT2D eigenvalue weighted by Gasteiger charge is -2.36. The lowest BCUT2D eigenvalue weighted by molar-refractivity contribution is -0.144. The molecule has 0 saturated carbocycles. The van der Waals surface area contributed by atoms with Crippen LogP contribution in [0.2, 0.25) is 0 Å². The third kappa shape index (κ3) is 4.96. The number of hydrogen-bond acceptors (Lipinski definition) is 5. The van der Waals surface area contributed by atoms with Crippen LogP contribution in [0.1, 0.15) is 26.3 Å². The van der Waals surface area contributed by atoms with E-state index >= 15 is 0 Å². The first kappa shape index (κ1) is 19.8. The number of aryl methyl sites for hydroxylation is 1. The summed E-state index contributed by atoms with van der Waals surface area (Å²) in [4.78, 5) is 2.41. The highest BCUT2D eigenvalue weighted by Gasteiger charge is 2.27. The van der Waals surface area contributed by atoms with Crippen molar-refractivity contribution in [3.8, 4) is 0 Å². The van der Waals surface area contributed by atoms with Crippen LogP contribution in [0.5, 0.6) is 0 Å². The Labute approximate surface area is 151 Å². The number of allylic oxidation sites excluding steroid dienone is 1. The molecule has 1 aliphatic rings. The molecule has 0 aromatic heterocycles. The van der Waals surface area contributed by atoms with E-state index in [0.29, 0.717) is 37.7 Å². The lowest BCUT2D eigenvalue weighted by atomic mass is 10.2. The van der Waals surface area contributed by atoms with Crippen LogP contribution in [0, 0.1) is 6.92 Å². The molecule has 0 atom stereocenters. The van der Waals surface area contributed by atoms with Gasteiger partial charge in [0.05, 0.1) is 18.0 Å². The van der Waals surface area contributed by atoms with Gasteiger partial charge in [0.2, 0.25) is 0 Å². The van der Waals surface area contributed by atoms with Crippen LogP contribution in [-0.2, 0) is 19.5 Å². The van der Waals surface area contributed by atoms with E-state index in [2.05, 4.69) is 4.90 Å². The minimum absolute atomic E-state index is 0.307. The van der Waals surface area contributed by atoms with Crippen molar-refractivity contribution in [2.75, 3.05) is 32.8 Å². The van der Waals surface area contributed by atoms with Gasteiger partial charge < -0.3 is 14.4 Å². The van der Waals surface area contributed by atoms with E-state index < -0.39 is 10.0 Å². The van der Waals surface area contributed by atoms with E-state index in [1.807, 2.05) is 39.8 Å². The van der Waals surface area contributed by atoms with E-state index in [1.165, 1.54) is 4.31 Å². The molecule has 0 fully saturated rings. The van der Waals surface area contributed by atoms with Crippen molar-refractivity contribution >= 4 is 10.0 Å². The van der Waals surface area contributed by atoms with E-state index in [1.54, 1.807) is 18.3 Å². The maximum Gasteiger partial charge on any atom is 0.263 e. The molecule has 0 amide bonds. The average molecular weight is 368 g/mol. The fourth-order valence-corrected chi connectivity index (χ4v) is 4.09. The minimum Gasteiger partial charge on any atom is -0.367 e. The number of nitrogens with zero attached hydrogens (tertiary/aromatic N) is 2. The normalized spacial score (nSPS) is 15.6. The Balaban J connectivity index is 2.12. The Morgan fingerprint density at radius 2 is 1.64 bits per heavy atom. The molecule has 0 unspecified atom stereocenters. The first-order chi connectivity index (χ1) is 11.9. The molecule has 6 nitrogen and oxygen atoms in total. The molecule has 1 heterocycles. The summed E-state index contributed by atoms with van der Waals surface area (Å²) in [6.45, 7) is 10.5. The summed E-state index contributed by atoms with van der Waals surface area (Å²) in [7, 11) is -3.52. The number of sulfonamides is 1. The van der Waals surface area contributed by atoms with Gasteiger partial charge in [0.15, 0.2) is 6.29 Å². The molecule has 1 aromatic rings. The molecule has 0 bridgehead atoms.